The largest absolute Gasteiger partial charge is 0.330 e. The van der Waals surface area contributed by atoms with Crippen LogP contribution in [0.4, 0.5) is 0 Å². The van der Waals surface area contributed by atoms with Gasteiger partial charge in [-0.3, -0.25) is 0 Å². The molecule has 1 aromatic rings. The number of benzene rings is 1. The summed E-state index contributed by atoms with van der Waals surface area (Å²) in [5, 5.41) is 0. The zero-order valence-electron chi connectivity index (χ0n) is 8.00. The maximum absolute atomic E-state index is 5.74. The fourth-order valence-electron chi connectivity index (χ4n) is 2.13. The number of hydrogen-bond donors (Lipinski definition) is 1. The van der Waals surface area contributed by atoms with E-state index in [1.807, 2.05) is 0 Å². The molecule has 0 aliphatic heterocycles. The van der Waals surface area contributed by atoms with Gasteiger partial charge in [0.1, 0.15) is 0 Å². The number of halogens is 2. The summed E-state index contributed by atoms with van der Waals surface area (Å²) in [4.78, 5) is 0. The molecule has 0 saturated carbocycles. The van der Waals surface area contributed by atoms with E-state index in [0.717, 1.165) is 6.54 Å². The number of hydrogen-bond acceptors (Lipinski definition) is 1. The molecule has 1 aliphatic rings. The average molecular weight is 277 g/mol. The van der Waals surface area contributed by atoms with Gasteiger partial charge in [0.05, 0.1) is 0 Å². The Morgan fingerprint density at radius 3 is 2.93 bits per heavy atom. The van der Waals surface area contributed by atoms with E-state index in [1.54, 1.807) is 0 Å². The molecule has 0 heterocycles. The molecule has 1 aliphatic carbocycles. The van der Waals surface area contributed by atoms with Gasteiger partial charge in [-0.1, -0.05) is 22.0 Å². The average Bonchev–Trinajstić information content (AvgIpc) is 2.16. The number of fused-ring (bicyclic) bond motifs is 1. The lowest BCUT2D eigenvalue weighted by Crippen LogP contribution is -2.18. The first-order valence-electron chi connectivity index (χ1n) is 4.79. The summed E-state index contributed by atoms with van der Waals surface area (Å²) in [7, 11) is 0. The van der Waals surface area contributed by atoms with Gasteiger partial charge in [0.25, 0.3) is 0 Å². The Balaban J connectivity index is 0.000000980. The zero-order chi connectivity index (χ0) is 9.26. The van der Waals surface area contributed by atoms with Gasteiger partial charge in [-0.05, 0) is 55.0 Å². The standard InChI is InChI=1S/C11H14BrN.ClH/c12-10-4-5-11-8(6-10)2-1-3-9(11)7-13;/h4-6,9H,1-3,7,13H2;1H/t9-;/m0./s1. The van der Waals surface area contributed by atoms with Crippen LogP contribution in [-0.4, -0.2) is 6.54 Å². The summed E-state index contributed by atoms with van der Waals surface area (Å²) in [6, 6.07) is 6.57. The van der Waals surface area contributed by atoms with Crippen molar-refractivity contribution in [3.05, 3.63) is 33.8 Å². The van der Waals surface area contributed by atoms with E-state index in [2.05, 4.69) is 34.1 Å². The van der Waals surface area contributed by atoms with Crippen LogP contribution in [0.15, 0.2) is 22.7 Å². The van der Waals surface area contributed by atoms with E-state index in [9.17, 15) is 0 Å². The molecule has 0 spiro atoms. The third-order valence-corrected chi connectivity index (χ3v) is 3.32. The van der Waals surface area contributed by atoms with Crippen LogP contribution in [0.25, 0.3) is 0 Å². The highest BCUT2D eigenvalue weighted by Crippen LogP contribution is 2.32. The molecule has 2 N–H and O–H groups in total. The zero-order valence-corrected chi connectivity index (χ0v) is 10.4. The van der Waals surface area contributed by atoms with E-state index in [1.165, 1.54) is 34.9 Å². The summed E-state index contributed by atoms with van der Waals surface area (Å²) in [5.74, 6) is 0.594. The lowest BCUT2D eigenvalue weighted by atomic mass is 9.83. The van der Waals surface area contributed by atoms with Crippen molar-refractivity contribution in [1.82, 2.24) is 0 Å². The smallest absolute Gasteiger partial charge is 0.0178 e. The van der Waals surface area contributed by atoms with Gasteiger partial charge in [0.2, 0.25) is 0 Å². The first-order chi connectivity index (χ1) is 6.31. The number of aryl methyl sites for hydroxylation is 1. The summed E-state index contributed by atoms with van der Waals surface area (Å²) < 4.78 is 1.18. The Labute approximate surface area is 99.6 Å². The SMILES string of the molecule is Cl.NC[C@@H]1CCCc2cc(Br)ccc21. The monoisotopic (exact) mass is 275 g/mol. The molecule has 0 fully saturated rings. The molecule has 2 rings (SSSR count). The third-order valence-electron chi connectivity index (χ3n) is 2.83. The fraction of sp³-hybridized carbons (Fsp3) is 0.455. The van der Waals surface area contributed by atoms with Gasteiger partial charge < -0.3 is 5.73 Å². The molecule has 3 heteroatoms. The maximum atomic E-state index is 5.74. The van der Waals surface area contributed by atoms with E-state index in [4.69, 9.17) is 5.73 Å². The molecule has 78 valence electrons. The second-order valence-corrected chi connectivity index (χ2v) is 4.58. The van der Waals surface area contributed by atoms with Crippen LogP contribution >= 0.6 is 28.3 Å². The van der Waals surface area contributed by atoms with Crippen molar-refractivity contribution in [2.75, 3.05) is 6.54 Å². The van der Waals surface area contributed by atoms with Crippen molar-refractivity contribution in [2.24, 2.45) is 5.73 Å². The van der Waals surface area contributed by atoms with Crippen molar-refractivity contribution < 1.29 is 0 Å². The fourth-order valence-corrected chi connectivity index (χ4v) is 2.54. The van der Waals surface area contributed by atoms with Crippen molar-refractivity contribution in [3.63, 3.8) is 0 Å². The lowest BCUT2D eigenvalue weighted by Gasteiger charge is -2.24. The first kappa shape index (κ1) is 12.0. The van der Waals surface area contributed by atoms with Crippen LogP contribution in [0.2, 0.25) is 0 Å². The summed E-state index contributed by atoms with van der Waals surface area (Å²) in [6.07, 6.45) is 3.75. The predicted molar refractivity (Wildman–Crippen MR) is 66.1 cm³/mol. The third kappa shape index (κ3) is 2.30. The number of rotatable bonds is 1. The maximum Gasteiger partial charge on any atom is 0.0178 e. The lowest BCUT2D eigenvalue weighted by molar-refractivity contribution is 0.560. The normalized spacial score (nSPS) is 19.7. The quantitative estimate of drug-likeness (QED) is 0.837. The van der Waals surface area contributed by atoms with Crippen LogP contribution < -0.4 is 5.73 Å². The highest BCUT2D eigenvalue weighted by molar-refractivity contribution is 9.10. The Morgan fingerprint density at radius 2 is 2.21 bits per heavy atom. The van der Waals surface area contributed by atoms with E-state index < -0.39 is 0 Å². The molecule has 0 bridgehead atoms. The summed E-state index contributed by atoms with van der Waals surface area (Å²) in [6.45, 7) is 0.786. The highest BCUT2D eigenvalue weighted by atomic mass is 79.9. The number of nitrogens with two attached hydrogens (primary N) is 1. The summed E-state index contributed by atoms with van der Waals surface area (Å²) in [5.41, 5.74) is 8.70. The minimum Gasteiger partial charge on any atom is -0.330 e. The van der Waals surface area contributed by atoms with Crippen molar-refractivity contribution in [1.29, 1.82) is 0 Å². The molecule has 0 radical (unpaired) electrons. The molecule has 1 atom stereocenters. The van der Waals surface area contributed by atoms with Gasteiger partial charge in [0, 0.05) is 4.47 Å². The molecule has 1 nitrogen and oxygen atoms in total. The predicted octanol–water partition coefficient (Wildman–Crippen LogP) is 3.25. The van der Waals surface area contributed by atoms with E-state index in [-0.39, 0.29) is 12.4 Å². The van der Waals surface area contributed by atoms with Crippen molar-refractivity contribution >= 4 is 28.3 Å². The molecule has 0 amide bonds. The molecular weight excluding hydrogens is 261 g/mol. The second kappa shape index (κ2) is 5.15. The first-order valence-corrected chi connectivity index (χ1v) is 5.59. The van der Waals surface area contributed by atoms with Crippen LogP contribution in [-0.2, 0) is 6.42 Å². The van der Waals surface area contributed by atoms with Crippen molar-refractivity contribution in [2.45, 2.75) is 25.2 Å². The van der Waals surface area contributed by atoms with Gasteiger partial charge >= 0.3 is 0 Å². The molecule has 0 saturated heterocycles. The topological polar surface area (TPSA) is 26.0 Å². The summed E-state index contributed by atoms with van der Waals surface area (Å²) >= 11 is 3.50. The van der Waals surface area contributed by atoms with Gasteiger partial charge in [0.15, 0.2) is 0 Å². The van der Waals surface area contributed by atoms with Crippen molar-refractivity contribution in [3.8, 4) is 0 Å². The molecular formula is C11H15BrClN. The van der Waals surface area contributed by atoms with Gasteiger partial charge in [-0.2, -0.15) is 0 Å². The van der Waals surface area contributed by atoms with Crippen LogP contribution in [0.3, 0.4) is 0 Å². The van der Waals surface area contributed by atoms with Crippen LogP contribution in [0.5, 0.6) is 0 Å². The molecule has 14 heavy (non-hydrogen) atoms. The molecule has 0 aromatic heterocycles. The van der Waals surface area contributed by atoms with E-state index >= 15 is 0 Å². The molecule has 0 unspecified atom stereocenters. The Morgan fingerprint density at radius 1 is 1.43 bits per heavy atom. The Hall–Kier alpha value is -0.0500. The van der Waals surface area contributed by atoms with E-state index in [0.29, 0.717) is 5.92 Å². The second-order valence-electron chi connectivity index (χ2n) is 3.67. The minimum atomic E-state index is 0. The van der Waals surface area contributed by atoms with Gasteiger partial charge in [-0.25, -0.2) is 0 Å². The molecule has 1 aromatic carbocycles. The Kier molecular flexibility index (Phi) is 4.42. The highest BCUT2D eigenvalue weighted by Gasteiger charge is 2.18. The van der Waals surface area contributed by atoms with Gasteiger partial charge in [-0.15, -0.1) is 12.4 Å². The minimum absolute atomic E-state index is 0. The Bertz CT molecular complexity index is 314. The van der Waals surface area contributed by atoms with Crippen LogP contribution in [0, 0.1) is 0 Å². The van der Waals surface area contributed by atoms with Crippen LogP contribution in [0.1, 0.15) is 29.9 Å².